The van der Waals surface area contributed by atoms with Crippen molar-refractivity contribution in [2.24, 2.45) is 0 Å². The third kappa shape index (κ3) is 6.85. The van der Waals surface area contributed by atoms with Crippen LogP contribution in [0.4, 0.5) is 4.79 Å². The minimum Gasteiger partial charge on any atom is -0.482 e. The minimum atomic E-state index is -0.578. The molecule has 9 heteroatoms. The van der Waals surface area contributed by atoms with E-state index in [0.29, 0.717) is 40.5 Å². The average Bonchev–Trinajstić information content (AvgIpc) is 3.37. The zero-order chi connectivity index (χ0) is 28.9. The number of benzene rings is 2. The Hall–Kier alpha value is -4.66. The number of nitrogens with zero attached hydrogens (tertiary/aromatic N) is 1. The fraction of sp³-hybridized carbons (Fsp3) is 0.290. The second-order valence-corrected chi connectivity index (χ2v) is 10.1. The molecule has 0 unspecified atom stereocenters. The Morgan fingerprint density at radius 3 is 2.30 bits per heavy atom. The maximum absolute atomic E-state index is 13.5. The maximum atomic E-state index is 13.5. The molecule has 1 aliphatic carbocycles. The Bertz CT molecular complexity index is 1470. The zero-order valence-electron chi connectivity index (χ0n) is 23.2. The number of nitrogens with one attached hydrogen (secondary N) is 1. The van der Waals surface area contributed by atoms with Gasteiger partial charge in [-0.05, 0) is 70.5 Å². The largest absolute Gasteiger partial charge is 0.482 e. The summed E-state index contributed by atoms with van der Waals surface area (Å²) in [5, 5.41) is 6.98. The van der Waals surface area contributed by atoms with E-state index in [9.17, 15) is 14.4 Å². The van der Waals surface area contributed by atoms with Gasteiger partial charge >= 0.3 is 12.1 Å². The van der Waals surface area contributed by atoms with Gasteiger partial charge in [-0.2, -0.15) is 0 Å². The van der Waals surface area contributed by atoms with Gasteiger partial charge in [0.25, 0.3) is 0 Å². The van der Waals surface area contributed by atoms with E-state index in [-0.39, 0.29) is 18.9 Å². The number of aromatic nitrogens is 1. The van der Waals surface area contributed by atoms with Crippen LogP contribution < -0.4 is 10.1 Å². The van der Waals surface area contributed by atoms with Crippen molar-refractivity contribution in [3.05, 3.63) is 83.1 Å². The molecule has 40 heavy (non-hydrogen) atoms. The summed E-state index contributed by atoms with van der Waals surface area (Å²) in [6.07, 6.45) is -0.501. The number of carbonyl (C=O) groups excluding carboxylic acids is 3. The number of hydrogen-bond acceptors (Lipinski definition) is 8. The molecule has 0 saturated carbocycles. The molecule has 0 radical (unpaired) electrons. The molecule has 9 nitrogen and oxygen atoms in total. The molecule has 2 aromatic carbocycles. The first-order valence-corrected chi connectivity index (χ1v) is 12.9. The molecular weight excluding hydrogens is 512 g/mol. The summed E-state index contributed by atoms with van der Waals surface area (Å²) in [4.78, 5) is 36.9. The van der Waals surface area contributed by atoms with Crippen LogP contribution in [0.5, 0.6) is 5.75 Å². The smallest absolute Gasteiger partial charge is 0.407 e. The van der Waals surface area contributed by atoms with Gasteiger partial charge in [0.15, 0.2) is 12.4 Å². The molecule has 0 bridgehead atoms. The van der Waals surface area contributed by atoms with Crippen LogP contribution in [0.15, 0.2) is 65.2 Å². The van der Waals surface area contributed by atoms with Crippen molar-refractivity contribution in [3.8, 4) is 28.1 Å². The van der Waals surface area contributed by atoms with E-state index in [1.54, 1.807) is 77.1 Å². The van der Waals surface area contributed by atoms with Gasteiger partial charge in [-0.25, -0.2) is 9.59 Å². The molecule has 1 aliphatic heterocycles. The van der Waals surface area contributed by atoms with Gasteiger partial charge in [0, 0.05) is 34.4 Å². The van der Waals surface area contributed by atoms with Crippen LogP contribution in [0.25, 0.3) is 22.4 Å². The summed E-state index contributed by atoms with van der Waals surface area (Å²) in [7, 11) is 0. The maximum Gasteiger partial charge on any atom is 0.407 e. The van der Waals surface area contributed by atoms with Crippen molar-refractivity contribution in [2.45, 2.75) is 46.8 Å². The fourth-order valence-corrected chi connectivity index (χ4v) is 4.13. The van der Waals surface area contributed by atoms with Gasteiger partial charge in [0.2, 0.25) is 0 Å². The third-order valence-corrected chi connectivity index (χ3v) is 5.92. The van der Waals surface area contributed by atoms with Gasteiger partial charge in [-0.15, -0.1) is 0 Å². The lowest BCUT2D eigenvalue weighted by molar-refractivity contribution is -0.145. The number of carbonyl (C=O) groups is 3. The molecule has 1 N–H and O–H groups in total. The summed E-state index contributed by atoms with van der Waals surface area (Å²) in [6.45, 7) is 9.31. The number of ketones is 1. The summed E-state index contributed by atoms with van der Waals surface area (Å²) < 4.78 is 21.2. The number of ether oxygens (including phenoxy) is 3. The number of amides is 1. The number of aryl methyl sites for hydroxylation is 1. The van der Waals surface area contributed by atoms with Crippen molar-refractivity contribution in [1.29, 1.82) is 0 Å². The molecule has 208 valence electrons. The summed E-state index contributed by atoms with van der Waals surface area (Å²) in [5.41, 5.74) is 4.10. The van der Waals surface area contributed by atoms with E-state index < -0.39 is 17.7 Å². The third-order valence-electron chi connectivity index (χ3n) is 5.92. The lowest BCUT2D eigenvalue weighted by atomic mass is 9.96. The second kappa shape index (κ2) is 12.0. The number of alkyl carbamates (subject to hydrolysis) is 1. The Kier molecular flexibility index (Phi) is 8.52. The molecule has 0 atom stereocenters. The van der Waals surface area contributed by atoms with E-state index in [1.807, 2.05) is 18.2 Å². The fourth-order valence-electron chi connectivity index (χ4n) is 4.13. The van der Waals surface area contributed by atoms with Gasteiger partial charge in [0.1, 0.15) is 22.8 Å². The molecule has 0 saturated heterocycles. The normalized spacial score (nSPS) is 11.2. The minimum absolute atomic E-state index is 0.153. The Morgan fingerprint density at radius 2 is 1.65 bits per heavy atom. The van der Waals surface area contributed by atoms with Gasteiger partial charge in [-0.1, -0.05) is 35.5 Å². The highest BCUT2D eigenvalue weighted by molar-refractivity contribution is 6.14. The van der Waals surface area contributed by atoms with Crippen LogP contribution in [-0.2, 0) is 20.8 Å². The summed E-state index contributed by atoms with van der Waals surface area (Å²) in [5.74, 6) is 0.452. The molecule has 0 fully saturated rings. The molecule has 0 aromatic heterocycles. The van der Waals surface area contributed by atoms with Crippen molar-refractivity contribution in [3.63, 3.8) is 0 Å². The van der Waals surface area contributed by atoms with Crippen molar-refractivity contribution >= 4 is 17.8 Å². The van der Waals surface area contributed by atoms with Crippen LogP contribution in [0.3, 0.4) is 0 Å². The quantitative estimate of drug-likeness (QED) is 0.203. The van der Waals surface area contributed by atoms with Gasteiger partial charge < -0.3 is 24.1 Å². The SMILES string of the molecule is CCOC(=O)COc1ccc(-c2noc(C)c3c(C(=O)c4ccc(CNC(=O)OC(C)(C)C)cc4)ccc2-3)cc1. The first-order chi connectivity index (χ1) is 19.1. The van der Waals surface area contributed by atoms with E-state index in [0.717, 1.165) is 16.7 Å². The Labute approximate surface area is 232 Å². The molecule has 2 aromatic rings. The van der Waals surface area contributed by atoms with Crippen LogP contribution in [0.1, 0.15) is 54.9 Å². The first-order valence-electron chi connectivity index (χ1n) is 12.9. The standard InChI is InChI=1S/C31H32N2O7/c1-6-37-26(34)18-38-23-13-11-21(12-14-23)28-24-15-16-25(27(24)19(2)40-33-28)29(35)22-9-7-20(8-10-22)17-32-30(36)39-31(3,4)5/h7-16H,6,17-18H2,1-5H3,(H,32,36). The van der Waals surface area contributed by atoms with Crippen LogP contribution in [0, 0.1) is 6.92 Å². The van der Waals surface area contributed by atoms with E-state index >= 15 is 0 Å². The van der Waals surface area contributed by atoms with E-state index in [1.165, 1.54) is 0 Å². The topological polar surface area (TPSA) is 117 Å². The molecular formula is C31H32N2O7. The molecule has 1 amide bonds. The van der Waals surface area contributed by atoms with E-state index in [2.05, 4.69) is 10.5 Å². The lowest BCUT2D eigenvalue weighted by Crippen LogP contribution is -2.32. The van der Waals surface area contributed by atoms with Gasteiger partial charge in [0.05, 0.1) is 6.61 Å². The molecule has 1 heterocycles. The molecule has 0 spiro atoms. The number of hydrogen-bond donors (Lipinski definition) is 1. The van der Waals surface area contributed by atoms with Crippen molar-refractivity contribution < 1.29 is 33.1 Å². The van der Waals surface area contributed by atoms with Crippen LogP contribution in [-0.4, -0.2) is 41.8 Å². The number of esters is 1. The molecule has 2 aliphatic rings. The Balaban J connectivity index is 1.48. The highest BCUT2D eigenvalue weighted by atomic mass is 16.6. The highest BCUT2D eigenvalue weighted by Gasteiger charge is 2.25. The van der Waals surface area contributed by atoms with Gasteiger partial charge in [-0.3, -0.25) is 4.79 Å². The first kappa shape index (κ1) is 28.4. The van der Waals surface area contributed by atoms with E-state index in [4.69, 9.17) is 18.7 Å². The predicted octanol–water partition coefficient (Wildman–Crippen LogP) is 5.95. The monoisotopic (exact) mass is 544 g/mol. The summed E-state index contributed by atoms with van der Waals surface area (Å²) in [6, 6.07) is 17.8. The van der Waals surface area contributed by atoms with Crippen molar-refractivity contribution in [2.75, 3.05) is 13.2 Å². The lowest BCUT2D eigenvalue weighted by Gasteiger charge is -2.19. The second-order valence-electron chi connectivity index (χ2n) is 10.1. The number of fused-ring (bicyclic) bond motifs is 1. The number of rotatable bonds is 9. The van der Waals surface area contributed by atoms with Crippen LogP contribution in [0.2, 0.25) is 0 Å². The Morgan fingerprint density at radius 1 is 0.950 bits per heavy atom. The zero-order valence-corrected chi connectivity index (χ0v) is 23.2. The van der Waals surface area contributed by atoms with Crippen molar-refractivity contribution in [1.82, 2.24) is 10.5 Å². The average molecular weight is 545 g/mol. The molecule has 4 rings (SSSR count). The highest BCUT2D eigenvalue weighted by Crippen LogP contribution is 2.39. The summed E-state index contributed by atoms with van der Waals surface area (Å²) >= 11 is 0. The predicted molar refractivity (Wildman–Crippen MR) is 148 cm³/mol. The van der Waals surface area contributed by atoms with Crippen LogP contribution >= 0.6 is 0 Å².